The van der Waals surface area contributed by atoms with Crippen LogP contribution in [0.3, 0.4) is 0 Å². The molecule has 5 heterocycles. The lowest BCUT2D eigenvalue weighted by molar-refractivity contribution is 0.154. The van der Waals surface area contributed by atoms with E-state index in [1.54, 1.807) is 37.1 Å². The van der Waals surface area contributed by atoms with Gasteiger partial charge in [-0.05, 0) is 73.2 Å². The predicted octanol–water partition coefficient (Wildman–Crippen LogP) is 6.13. The number of fused-ring (bicyclic) bond motifs is 2. The highest BCUT2D eigenvalue weighted by Crippen LogP contribution is 2.35. The topological polar surface area (TPSA) is 139 Å². The van der Waals surface area contributed by atoms with Gasteiger partial charge in [0.1, 0.15) is 11.6 Å². The number of halogens is 1. The van der Waals surface area contributed by atoms with Crippen LogP contribution in [0.25, 0.3) is 55.6 Å². The second-order valence-electron chi connectivity index (χ2n) is 11.3. The highest BCUT2D eigenvalue weighted by Gasteiger charge is 2.18. The van der Waals surface area contributed by atoms with E-state index in [9.17, 15) is 12.8 Å². The lowest BCUT2D eigenvalue weighted by atomic mass is 9.98. The summed E-state index contributed by atoms with van der Waals surface area (Å²) in [4.78, 5) is 16.8. The molecule has 0 saturated heterocycles. The molecule has 1 aliphatic carbocycles. The Hall–Kier alpha value is -4.68. The van der Waals surface area contributed by atoms with Gasteiger partial charge in [0.05, 0.1) is 41.7 Å². The number of rotatable bonds is 8. The molecule has 5 aromatic heterocycles. The number of aromatic amines is 2. The maximum Gasteiger partial charge on any atom is 0.209 e. The van der Waals surface area contributed by atoms with Crippen LogP contribution in [0.5, 0.6) is 5.75 Å². The standard InChI is InChI=1S/C32H30FN7O3S/c1-44(41,42)37-13-19-7-20(9-23(33)8-19)28-17-35-18-30-26(28)12-29(38-30)31-27-11-22(15-36-32(27)40-39-31)21-10-25(16-34-14-21)43-24-5-3-2-4-6-24/h7-12,14-18,24,37-38H,2-6,13H2,1H3,(H,36,39,40). The van der Waals surface area contributed by atoms with Crippen molar-refractivity contribution in [2.45, 2.75) is 44.8 Å². The van der Waals surface area contributed by atoms with Gasteiger partial charge in [-0.1, -0.05) is 6.42 Å². The molecule has 3 N–H and O–H groups in total. The van der Waals surface area contributed by atoms with Gasteiger partial charge in [0.2, 0.25) is 10.0 Å². The van der Waals surface area contributed by atoms with Crippen molar-refractivity contribution in [3.8, 4) is 39.4 Å². The fraction of sp³-hybridized carbons (Fsp3) is 0.250. The largest absolute Gasteiger partial charge is 0.489 e. The Bertz CT molecular complexity index is 2100. The lowest BCUT2D eigenvalue weighted by Gasteiger charge is -2.23. The molecule has 1 aliphatic rings. The molecule has 12 heteroatoms. The molecule has 0 atom stereocenters. The second kappa shape index (κ2) is 11.4. The number of ether oxygens (including phenoxy) is 1. The van der Waals surface area contributed by atoms with E-state index in [4.69, 9.17) is 4.74 Å². The van der Waals surface area contributed by atoms with E-state index in [1.165, 1.54) is 31.4 Å². The normalized spacial score (nSPS) is 14.4. The molecule has 224 valence electrons. The molecule has 0 bridgehead atoms. The first-order valence-corrected chi connectivity index (χ1v) is 16.4. The van der Waals surface area contributed by atoms with E-state index < -0.39 is 15.8 Å². The molecule has 0 spiro atoms. The van der Waals surface area contributed by atoms with Gasteiger partial charge in [0.25, 0.3) is 0 Å². The summed E-state index contributed by atoms with van der Waals surface area (Å²) in [5, 5.41) is 9.18. The summed E-state index contributed by atoms with van der Waals surface area (Å²) < 4.78 is 46.4. The zero-order valence-electron chi connectivity index (χ0n) is 24.0. The molecule has 1 fully saturated rings. The molecule has 0 amide bonds. The van der Waals surface area contributed by atoms with E-state index >= 15 is 0 Å². The Labute approximate surface area is 253 Å². The molecular weight excluding hydrogens is 581 g/mol. The molecule has 44 heavy (non-hydrogen) atoms. The first kappa shape index (κ1) is 28.1. The molecule has 0 aliphatic heterocycles. The second-order valence-corrected chi connectivity index (χ2v) is 13.1. The zero-order valence-corrected chi connectivity index (χ0v) is 24.8. The van der Waals surface area contributed by atoms with Crippen molar-refractivity contribution in [1.82, 2.24) is 34.9 Å². The van der Waals surface area contributed by atoms with Crippen LogP contribution in [0.1, 0.15) is 37.7 Å². The molecule has 1 aromatic carbocycles. The molecule has 6 aromatic rings. The molecule has 10 nitrogen and oxygen atoms in total. The van der Waals surface area contributed by atoms with E-state index in [-0.39, 0.29) is 12.6 Å². The monoisotopic (exact) mass is 611 g/mol. The number of hydrogen-bond acceptors (Lipinski definition) is 7. The Morgan fingerprint density at radius 1 is 0.909 bits per heavy atom. The van der Waals surface area contributed by atoms with E-state index in [0.717, 1.165) is 63.7 Å². The fourth-order valence-electron chi connectivity index (χ4n) is 5.82. The Morgan fingerprint density at radius 3 is 2.57 bits per heavy atom. The van der Waals surface area contributed by atoms with Crippen LogP contribution < -0.4 is 9.46 Å². The highest BCUT2D eigenvalue weighted by atomic mass is 32.2. The number of nitrogens with one attached hydrogen (secondary N) is 3. The average Bonchev–Trinajstić information content (AvgIpc) is 3.64. The first-order valence-electron chi connectivity index (χ1n) is 14.5. The van der Waals surface area contributed by atoms with Crippen LogP contribution in [-0.2, 0) is 16.6 Å². The van der Waals surface area contributed by atoms with Gasteiger partial charge >= 0.3 is 0 Å². The van der Waals surface area contributed by atoms with Crippen LogP contribution in [0.2, 0.25) is 0 Å². The summed E-state index contributed by atoms with van der Waals surface area (Å²) in [7, 11) is -3.43. The van der Waals surface area contributed by atoms with Crippen molar-refractivity contribution in [2.75, 3.05) is 6.26 Å². The van der Waals surface area contributed by atoms with Crippen molar-refractivity contribution < 1.29 is 17.5 Å². The maximum absolute atomic E-state index is 14.6. The number of benzene rings is 1. The minimum Gasteiger partial charge on any atom is -0.489 e. The van der Waals surface area contributed by atoms with Crippen molar-refractivity contribution in [2.24, 2.45) is 0 Å². The molecule has 0 unspecified atom stereocenters. The van der Waals surface area contributed by atoms with Crippen LogP contribution in [-0.4, -0.2) is 50.9 Å². The summed E-state index contributed by atoms with van der Waals surface area (Å²) in [6.45, 7) is -0.0218. The van der Waals surface area contributed by atoms with Crippen molar-refractivity contribution in [3.05, 3.63) is 78.8 Å². The Balaban J connectivity index is 1.23. The highest BCUT2D eigenvalue weighted by molar-refractivity contribution is 7.88. The minimum atomic E-state index is -3.43. The molecule has 0 radical (unpaired) electrons. The van der Waals surface area contributed by atoms with E-state index in [2.05, 4.69) is 34.9 Å². The quantitative estimate of drug-likeness (QED) is 0.188. The van der Waals surface area contributed by atoms with Crippen molar-refractivity contribution in [3.63, 3.8) is 0 Å². The van der Waals surface area contributed by atoms with Gasteiger partial charge in [-0.25, -0.2) is 22.5 Å². The van der Waals surface area contributed by atoms with Gasteiger partial charge in [-0.15, -0.1) is 0 Å². The summed E-state index contributed by atoms with van der Waals surface area (Å²) in [6, 6.07) is 10.5. The average molecular weight is 612 g/mol. The molecule has 1 saturated carbocycles. The van der Waals surface area contributed by atoms with Gasteiger partial charge < -0.3 is 9.72 Å². The number of aromatic nitrogens is 6. The van der Waals surface area contributed by atoms with E-state index in [0.29, 0.717) is 22.3 Å². The SMILES string of the molecule is CS(=O)(=O)NCc1cc(F)cc(-c2cncc3[nH]c(-c4[nH]nc5ncc(-c6cncc(OC7CCCCC7)c6)cc45)cc23)c1. The molecule has 7 rings (SSSR count). The van der Waals surface area contributed by atoms with Gasteiger partial charge in [0, 0.05) is 52.6 Å². The number of sulfonamides is 1. The zero-order chi connectivity index (χ0) is 30.3. The summed E-state index contributed by atoms with van der Waals surface area (Å²) >= 11 is 0. The number of nitrogens with zero attached hydrogens (tertiary/aromatic N) is 4. The number of H-pyrrole nitrogens is 2. The molecular formula is C32H30FN7O3S. The van der Waals surface area contributed by atoms with Gasteiger partial charge in [0.15, 0.2) is 5.65 Å². The van der Waals surface area contributed by atoms with Crippen LogP contribution in [0, 0.1) is 5.82 Å². The Kier molecular flexibility index (Phi) is 7.31. The van der Waals surface area contributed by atoms with Gasteiger partial charge in [-0.3, -0.25) is 15.1 Å². The van der Waals surface area contributed by atoms with Crippen molar-refractivity contribution in [1.29, 1.82) is 0 Å². The Morgan fingerprint density at radius 2 is 1.73 bits per heavy atom. The van der Waals surface area contributed by atoms with Crippen molar-refractivity contribution >= 4 is 32.0 Å². The predicted molar refractivity (Wildman–Crippen MR) is 167 cm³/mol. The lowest BCUT2D eigenvalue weighted by Crippen LogP contribution is -2.21. The van der Waals surface area contributed by atoms with Gasteiger partial charge in [-0.2, -0.15) is 5.10 Å². The van der Waals surface area contributed by atoms with E-state index in [1.807, 2.05) is 18.2 Å². The smallest absolute Gasteiger partial charge is 0.209 e. The summed E-state index contributed by atoms with van der Waals surface area (Å²) in [5.41, 5.74) is 6.39. The number of hydrogen-bond donors (Lipinski definition) is 3. The number of pyridine rings is 3. The summed E-state index contributed by atoms with van der Waals surface area (Å²) in [6.07, 6.45) is 15.8. The fourth-order valence-corrected chi connectivity index (χ4v) is 6.25. The summed E-state index contributed by atoms with van der Waals surface area (Å²) in [5.74, 6) is 0.284. The first-order chi connectivity index (χ1) is 21.3. The van der Waals surface area contributed by atoms with Crippen LogP contribution in [0.15, 0.2) is 67.4 Å². The third-order valence-corrected chi connectivity index (χ3v) is 8.60. The third kappa shape index (κ3) is 5.90. The third-order valence-electron chi connectivity index (χ3n) is 7.93. The minimum absolute atomic E-state index is 0.0218. The van der Waals surface area contributed by atoms with Crippen LogP contribution >= 0.6 is 0 Å². The maximum atomic E-state index is 14.6. The van der Waals surface area contributed by atoms with Crippen LogP contribution in [0.4, 0.5) is 4.39 Å².